The molecule has 2 aromatic carbocycles. The summed E-state index contributed by atoms with van der Waals surface area (Å²) >= 11 is 0. The second-order valence-electron chi connectivity index (χ2n) is 5.14. The van der Waals surface area contributed by atoms with E-state index in [-0.39, 0.29) is 6.03 Å². The summed E-state index contributed by atoms with van der Waals surface area (Å²) in [5, 5.41) is 5.43. The number of amides is 2. The van der Waals surface area contributed by atoms with E-state index in [9.17, 15) is 9.59 Å². The Balaban J connectivity index is 1.97. The molecule has 2 aromatic rings. The van der Waals surface area contributed by atoms with Crippen LogP contribution in [0.15, 0.2) is 48.5 Å². The Kier molecular flexibility index (Phi) is 5.19. The van der Waals surface area contributed by atoms with E-state index >= 15 is 0 Å². The molecule has 0 bridgehead atoms. The Morgan fingerprint density at radius 2 is 1.61 bits per heavy atom. The molecule has 0 heterocycles. The molecule has 0 fully saturated rings. The zero-order chi connectivity index (χ0) is 16.8. The van der Waals surface area contributed by atoms with Crippen molar-refractivity contribution >= 4 is 29.1 Å². The lowest BCUT2D eigenvalue weighted by atomic mass is 10.2. The maximum absolute atomic E-state index is 12.0. The van der Waals surface area contributed by atoms with Gasteiger partial charge in [0.1, 0.15) is 5.75 Å². The Morgan fingerprint density at radius 1 is 0.957 bits per heavy atom. The van der Waals surface area contributed by atoms with E-state index in [0.717, 1.165) is 5.69 Å². The molecule has 120 valence electrons. The molecule has 2 N–H and O–H groups in total. The summed E-state index contributed by atoms with van der Waals surface area (Å²) in [7, 11) is 3.90. The fraction of sp³-hybridized carbons (Fsp3) is 0.176. The Bertz CT molecular complexity index is 696. The number of hydrogen-bond donors (Lipinski definition) is 2. The van der Waals surface area contributed by atoms with Crippen LogP contribution in [0.4, 0.5) is 21.9 Å². The average Bonchev–Trinajstić information content (AvgIpc) is 2.47. The van der Waals surface area contributed by atoms with Crippen LogP contribution in [-0.4, -0.2) is 26.1 Å². The van der Waals surface area contributed by atoms with Crippen LogP contribution in [0.1, 0.15) is 6.92 Å². The van der Waals surface area contributed by atoms with Gasteiger partial charge in [-0.25, -0.2) is 4.79 Å². The van der Waals surface area contributed by atoms with Crippen LogP contribution in [0.3, 0.4) is 0 Å². The molecule has 0 radical (unpaired) electrons. The van der Waals surface area contributed by atoms with Crippen molar-refractivity contribution in [2.24, 2.45) is 0 Å². The van der Waals surface area contributed by atoms with Crippen molar-refractivity contribution in [1.82, 2.24) is 0 Å². The predicted octanol–water partition coefficient (Wildman–Crippen LogP) is 3.32. The van der Waals surface area contributed by atoms with Gasteiger partial charge in [-0.3, -0.25) is 4.79 Å². The van der Waals surface area contributed by atoms with E-state index in [0.29, 0.717) is 17.1 Å². The molecule has 0 spiro atoms. The van der Waals surface area contributed by atoms with Crippen molar-refractivity contribution in [3.8, 4) is 5.75 Å². The largest absolute Gasteiger partial charge is 0.427 e. The minimum absolute atomic E-state index is 0.373. The smallest absolute Gasteiger partial charge is 0.323 e. The summed E-state index contributed by atoms with van der Waals surface area (Å²) in [6.45, 7) is 1.32. The Morgan fingerprint density at radius 3 is 2.22 bits per heavy atom. The highest BCUT2D eigenvalue weighted by Gasteiger charge is 2.05. The number of ether oxygens (including phenoxy) is 1. The summed E-state index contributed by atoms with van der Waals surface area (Å²) in [4.78, 5) is 24.9. The number of carbonyl (C=O) groups excluding carboxylic acids is 2. The molecular weight excluding hydrogens is 294 g/mol. The van der Waals surface area contributed by atoms with Gasteiger partial charge >= 0.3 is 12.0 Å². The molecule has 0 aliphatic heterocycles. The maximum Gasteiger partial charge on any atom is 0.323 e. The maximum atomic E-state index is 12.0. The zero-order valence-electron chi connectivity index (χ0n) is 13.3. The van der Waals surface area contributed by atoms with Crippen LogP contribution in [0.5, 0.6) is 5.75 Å². The van der Waals surface area contributed by atoms with Crippen LogP contribution in [-0.2, 0) is 4.79 Å². The standard InChI is InChI=1S/C17H19N3O3/c1-12(21)23-16-6-4-5-14(11-16)19-17(22)18-13-7-9-15(10-8-13)20(2)3/h4-11H,1-3H3,(H2,18,19,22). The lowest BCUT2D eigenvalue weighted by Gasteiger charge is -2.13. The fourth-order valence-corrected chi connectivity index (χ4v) is 1.94. The third-order valence-corrected chi connectivity index (χ3v) is 3.00. The quantitative estimate of drug-likeness (QED) is 0.671. The normalized spacial score (nSPS) is 9.87. The number of nitrogens with zero attached hydrogens (tertiary/aromatic N) is 1. The minimum Gasteiger partial charge on any atom is -0.427 e. The SMILES string of the molecule is CC(=O)Oc1cccc(NC(=O)Nc2ccc(N(C)C)cc2)c1. The van der Waals surface area contributed by atoms with E-state index in [1.54, 1.807) is 24.3 Å². The van der Waals surface area contributed by atoms with Crippen molar-refractivity contribution in [3.05, 3.63) is 48.5 Å². The summed E-state index contributed by atoms with van der Waals surface area (Å²) in [5.74, 6) is -0.0294. The van der Waals surface area contributed by atoms with Crippen LogP contribution in [0.25, 0.3) is 0 Å². The summed E-state index contributed by atoms with van der Waals surface area (Å²) in [6, 6.07) is 13.7. The first kappa shape index (κ1) is 16.4. The summed E-state index contributed by atoms with van der Waals surface area (Å²) < 4.78 is 4.98. The predicted molar refractivity (Wildman–Crippen MR) is 91.2 cm³/mol. The van der Waals surface area contributed by atoms with E-state index in [1.807, 2.05) is 43.3 Å². The van der Waals surface area contributed by atoms with Crippen molar-refractivity contribution in [1.29, 1.82) is 0 Å². The lowest BCUT2D eigenvalue weighted by molar-refractivity contribution is -0.131. The summed E-state index contributed by atoms with van der Waals surface area (Å²) in [5.41, 5.74) is 2.26. The van der Waals surface area contributed by atoms with Crippen LogP contribution in [0, 0.1) is 0 Å². The molecule has 6 nitrogen and oxygen atoms in total. The first-order valence-electron chi connectivity index (χ1n) is 7.08. The van der Waals surface area contributed by atoms with Gasteiger partial charge in [0.15, 0.2) is 0 Å². The number of esters is 1. The first-order chi connectivity index (χ1) is 10.9. The lowest BCUT2D eigenvalue weighted by Crippen LogP contribution is -2.19. The fourth-order valence-electron chi connectivity index (χ4n) is 1.94. The Labute approximate surface area is 135 Å². The topological polar surface area (TPSA) is 70.7 Å². The van der Waals surface area contributed by atoms with Crippen molar-refractivity contribution in [2.75, 3.05) is 29.6 Å². The third kappa shape index (κ3) is 5.03. The first-order valence-corrected chi connectivity index (χ1v) is 7.08. The number of nitrogens with one attached hydrogen (secondary N) is 2. The molecule has 0 saturated heterocycles. The van der Waals surface area contributed by atoms with Crippen LogP contribution >= 0.6 is 0 Å². The molecule has 23 heavy (non-hydrogen) atoms. The summed E-state index contributed by atoms with van der Waals surface area (Å²) in [6.07, 6.45) is 0. The number of anilines is 3. The highest BCUT2D eigenvalue weighted by atomic mass is 16.5. The number of hydrogen-bond acceptors (Lipinski definition) is 4. The van der Waals surface area contributed by atoms with Gasteiger partial charge in [-0.05, 0) is 36.4 Å². The van der Waals surface area contributed by atoms with Crippen LogP contribution in [0.2, 0.25) is 0 Å². The van der Waals surface area contributed by atoms with Crippen LogP contribution < -0.4 is 20.3 Å². The highest BCUT2D eigenvalue weighted by Crippen LogP contribution is 2.19. The second kappa shape index (κ2) is 7.31. The number of urea groups is 1. The van der Waals surface area contributed by atoms with E-state index in [2.05, 4.69) is 10.6 Å². The van der Waals surface area contributed by atoms with Gasteiger partial charge in [0.25, 0.3) is 0 Å². The second-order valence-corrected chi connectivity index (χ2v) is 5.14. The van der Waals surface area contributed by atoms with Gasteiger partial charge in [-0.2, -0.15) is 0 Å². The van der Waals surface area contributed by atoms with E-state index < -0.39 is 5.97 Å². The van der Waals surface area contributed by atoms with Gasteiger partial charge in [0.2, 0.25) is 0 Å². The molecule has 0 atom stereocenters. The molecule has 0 aliphatic rings. The van der Waals surface area contributed by atoms with Gasteiger partial charge in [0.05, 0.1) is 0 Å². The van der Waals surface area contributed by atoms with Crippen molar-refractivity contribution < 1.29 is 14.3 Å². The van der Waals surface area contributed by atoms with Crippen molar-refractivity contribution in [3.63, 3.8) is 0 Å². The van der Waals surface area contributed by atoms with Crippen molar-refractivity contribution in [2.45, 2.75) is 6.92 Å². The molecule has 6 heteroatoms. The monoisotopic (exact) mass is 313 g/mol. The number of rotatable bonds is 4. The van der Waals surface area contributed by atoms with Gasteiger partial charge in [0, 0.05) is 44.1 Å². The minimum atomic E-state index is -0.410. The molecule has 0 unspecified atom stereocenters. The van der Waals surface area contributed by atoms with E-state index in [1.165, 1.54) is 6.92 Å². The van der Waals surface area contributed by atoms with E-state index in [4.69, 9.17) is 4.74 Å². The molecule has 0 saturated carbocycles. The average molecular weight is 313 g/mol. The Hall–Kier alpha value is -3.02. The molecule has 0 aliphatic carbocycles. The molecule has 2 rings (SSSR count). The van der Waals surface area contributed by atoms with Gasteiger partial charge < -0.3 is 20.3 Å². The molecular formula is C17H19N3O3. The van der Waals surface area contributed by atoms with Gasteiger partial charge in [-0.15, -0.1) is 0 Å². The molecule has 2 amide bonds. The molecule has 0 aromatic heterocycles. The zero-order valence-corrected chi connectivity index (χ0v) is 13.3. The highest BCUT2D eigenvalue weighted by molar-refractivity contribution is 5.99. The third-order valence-electron chi connectivity index (χ3n) is 3.00. The number of carbonyl (C=O) groups is 2. The van der Waals surface area contributed by atoms with Gasteiger partial charge in [-0.1, -0.05) is 6.07 Å². The number of benzene rings is 2.